The van der Waals surface area contributed by atoms with Gasteiger partial charge >= 0.3 is 0 Å². The fourth-order valence-corrected chi connectivity index (χ4v) is 5.01. The van der Waals surface area contributed by atoms with Gasteiger partial charge in [-0.05, 0) is 30.0 Å². The molecule has 3 amide bonds. The lowest BCUT2D eigenvalue weighted by molar-refractivity contribution is -0.140. The van der Waals surface area contributed by atoms with E-state index in [-0.39, 0.29) is 35.9 Å². The standard InChI is InChI=1S/C29H35N3O7/c1-16-12-23(34)25(19-14-39-15-19)32-27(36)17(2)26(35)21(13-18-8-4-3-5-9-18)30-29(38)24(16)31-28(37)20-10-6-7-11-22(20)33/h3-11,16-17,19,21,24-26,33,35H,12-15H2,1-2H3,(H,30,38)(H,31,37)(H,32,36)/t16-,17+,21-,24-,25?,26-/m0/s1. The van der Waals surface area contributed by atoms with Gasteiger partial charge in [0.2, 0.25) is 11.8 Å². The van der Waals surface area contributed by atoms with Crippen LogP contribution in [0.2, 0.25) is 0 Å². The highest BCUT2D eigenvalue weighted by Crippen LogP contribution is 2.23. The second kappa shape index (κ2) is 12.4. The molecule has 1 unspecified atom stereocenters. The number of ether oxygens (including phenoxy) is 1. The Bertz CT molecular complexity index is 1200. The van der Waals surface area contributed by atoms with Crippen molar-refractivity contribution >= 4 is 23.5 Å². The topological polar surface area (TPSA) is 154 Å². The maximum absolute atomic E-state index is 13.7. The molecule has 2 heterocycles. The van der Waals surface area contributed by atoms with Crippen LogP contribution in [-0.2, 0) is 25.5 Å². The SMILES string of the molecule is C[C@H]1CC(=O)C(C2COC2)NC(=O)[C@H](C)[C@H](O)[C@H](Cc2ccccc2)NC(=O)[C@H]1NC(=O)c1ccccc1O. The minimum absolute atomic E-state index is 0.0128. The summed E-state index contributed by atoms with van der Waals surface area (Å²) in [5.74, 6) is -4.13. The maximum atomic E-state index is 13.7. The third kappa shape index (κ3) is 6.63. The van der Waals surface area contributed by atoms with E-state index in [9.17, 15) is 29.4 Å². The summed E-state index contributed by atoms with van der Waals surface area (Å²) in [5, 5.41) is 29.8. The zero-order valence-corrected chi connectivity index (χ0v) is 22.0. The van der Waals surface area contributed by atoms with E-state index in [2.05, 4.69) is 16.0 Å². The minimum atomic E-state index is -1.29. The molecule has 2 aromatic carbocycles. The third-order valence-electron chi connectivity index (χ3n) is 7.55. The van der Waals surface area contributed by atoms with Gasteiger partial charge in [-0.15, -0.1) is 0 Å². The molecule has 208 valence electrons. The maximum Gasteiger partial charge on any atom is 0.255 e. The summed E-state index contributed by atoms with van der Waals surface area (Å²) in [6.45, 7) is 3.84. The number of aliphatic hydroxyl groups excluding tert-OH is 1. The first kappa shape index (κ1) is 28.3. The van der Waals surface area contributed by atoms with E-state index in [0.717, 1.165) is 5.56 Å². The number of phenolic OH excluding ortho intramolecular Hbond substituents is 1. The van der Waals surface area contributed by atoms with Gasteiger partial charge in [0.1, 0.15) is 11.8 Å². The molecule has 0 spiro atoms. The lowest BCUT2D eigenvalue weighted by Gasteiger charge is -2.37. The van der Waals surface area contributed by atoms with Crippen molar-refractivity contribution in [2.24, 2.45) is 17.8 Å². The monoisotopic (exact) mass is 537 g/mol. The van der Waals surface area contributed by atoms with Crippen LogP contribution in [0.25, 0.3) is 0 Å². The van der Waals surface area contributed by atoms with Crippen molar-refractivity contribution in [3.8, 4) is 5.75 Å². The van der Waals surface area contributed by atoms with Crippen LogP contribution in [-0.4, -0.2) is 71.2 Å². The number of phenols is 1. The zero-order chi connectivity index (χ0) is 28.1. The van der Waals surface area contributed by atoms with Crippen LogP contribution >= 0.6 is 0 Å². The molecule has 2 aliphatic rings. The second-order valence-electron chi connectivity index (χ2n) is 10.5. The Morgan fingerprint density at radius 3 is 2.28 bits per heavy atom. The van der Waals surface area contributed by atoms with Gasteiger partial charge in [-0.3, -0.25) is 19.2 Å². The number of hydrogen-bond donors (Lipinski definition) is 5. The van der Waals surface area contributed by atoms with Crippen molar-refractivity contribution in [2.75, 3.05) is 13.2 Å². The van der Waals surface area contributed by atoms with Gasteiger partial charge in [-0.2, -0.15) is 0 Å². The molecule has 4 rings (SSSR count). The Morgan fingerprint density at radius 1 is 0.974 bits per heavy atom. The fourth-order valence-electron chi connectivity index (χ4n) is 5.01. The first-order valence-electron chi connectivity index (χ1n) is 13.2. The van der Waals surface area contributed by atoms with Gasteiger partial charge < -0.3 is 30.9 Å². The van der Waals surface area contributed by atoms with E-state index < -0.39 is 53.8 Å². The summed E-state index contributed by atoms with van der Waals surface area (Å²) in [7, 11) is 0. The van der Waals surface area contributed by atoms with Gasteiger partial charge in [0.25, 0.3) is 5.91 Å². The van der Waals surface area contributed by atoms with Crippen LogP contribution in [0.5, 0.6) is 5.75 Å². The highest BCUT2D eigenvalue weighted by Gasteiger charge is 2.41. The Kier molecular flexibility index (Phi) is 8.98. The predicted octanol–water partition coefficient (Wildman–Crippen LogP) is 0.955. The number of carbonyl (C=O) groups excluding carboxylic acids is 4. The van der Waals surface area contributed by atoms with Crippen molar-refractivity contribution in [3.63, 3.8) is 0 Å². The number of rotatable bonds is 5. The molecular formula is C29H35N3O7. The lowest BCUT2D eigenvalue weighted by atomic mass is 9.85. The van der Waals surface area contributed by atoms with Crippen LogP contribution in [0.1, 0.15) is 36.2 Å². The number of nitrogens with one attached hydrogen (secondary N) is 3. The number of amides is 3. The highest BCUT2D eigenvalue weighted by atomic mass is 16.5. The molecule has 10 heteroatoms. The molecule has 6 atom stereocenters. The number of carbonyl (C=O) groups is 4. The van der Waals surface area contributed by atoms with Crippen molar-refractivity contribution in [1.29, 1.82) is 0 Å². The van der Waals surface area contributed by atoms with Crippen molar-refractivity contribution in [1.82, 2.24) is 16.0 Å². The van der Waals surface area contributed by atoms with Crippen LogP contribution < -0.4 is 16.0 Å². The molecule has 0 aromatic heterocycles. The number of aromatic hydroxyl groups is 1. The average Bonchev–Trinajstić information content (AvgIpc) is 2.89. The van der Waals surface area contributed by atoms with Crippen molar-refractivity contribution in [3.05, 3.63) is 65.7 Å². The van der Waals surface area contributed by atoms with Gasteiger partial charge in [0, 0.05) is 12.3 Å². The second-order valence-corrected chi connectivity index (χ2v) is 10.5. The summed E-state index contributed by atoms with van der Waals surface area (Å²) in [5.41, 5.74) is 0.824. The molecule has 10 nitrogen and oxygen atoms in total. The Hall–Kier alpha value is -3.76. The molecule has 0 saturated carbocycles. The lowest BCUT2D eigenvalue weighted by Crippen LogP contribution is -2.60. The molecule has 2 fully saturated rings. The molecule has 2 saturated heterocycles. The number of hydrogen-bond acceptors (Lipinski definition) is 7. The quantitative estimate of drug-likeness (QED) is 0.381. The first-order chi connectivity index (χ1) is 18.7. The summed E-state index contributed by atoms with van der Waals surface area (Å²) in [6, 6.07) is 12.3. The van der Waals surface area contributed by atoms with Crippen molar-refractivity contribution in [2.45, 2.75) is 50.9 Å². The van der Waals surface area contributed by atoms with Gasteiger partial charge in [-0.1, -0.05) is 56.3 Å². The number of Topliss-reactive ketones (excluding diaryl/α,β-unsaturated/α-hetero) is 1. The number of ketones is 1. The van der Waals surface area contributed by atoms with Crippen LogP contribution in [0, 0.1) is 17.8 Å². The van der Waals surface area contributed by atoms with Gasteiger partial charge in [0.15, 0.2) is 5.78 Å². The van der Waals surface area contributed by atoms with Gasteiger partial charge in [0.05, 0.1) is 42.9 Å². The molecule has 2 aliphatic heterocycles. The van der Waals surface area contributed by atoms with E-state index in [1.165, 1.54) is 12.1 Å². The molecule has 5 N–H and O–H groups in total. The Labute approximate surface area is 227 Å². The normalized spacial score (nSPS) is 28.7. The van der Waals surface area contributed by atoms with Crippen LogP contribution in [0.3, 0.4) is 0 Å². The average molecular weight is 538 g/mol. The number of aliphatic hydroxyl groups is 1. The highest BCUT2D eigenvalue weighted by molar-refractivity contribution is 6.00. The third-order valence-corrected chi connectivity index (χ3v) is 7.55. The summed E-state index contributed by atoms with van der Waals surface area (Å²) >= 11 is 0. The Morgan fingerprint density at radius 2 is 1.64 bits per heavy atom. The van der Waals surface area contributed by atoms with E-state index in [1.54, 1.807) is 26.0 Å². The fraction of sp³-hybridized carbons (Fsp3) is 0.448. The molecule has 2 aromatic rings. The zero-order valence-electron chi connectivity index (χ0n) is 22.0. The number of benzene rings is 2. The molecule has 39 heavy (non-hydrogen) atoms. The molecular weight excluding hydrogens is 502 g/mol. The van der Waals surface area contributed by atoms with E-state index >= 15 is 0 Å². The molecule has 0 aliphatic carbocycles. The van der Waals surface area contributed by atoms with Crippen LogP contribution in [0.4, 0.5) is 0 Å². The first-order valence-corrected chi connectivity index (χ1v) is 13.2. The van der Waals surface area contributed by atoms with Crippen molar-refractivity contribution < 1.29 is 34.1 Å². The van der Waals surface area contributed by atoms with Crippen LogP contribution in [0.15, 0.2) is 54.6 Å². The largest absolute Gasteiger partial charge is 0.507 e. The predicted molar refractivity (Wildman–Crippen MR) is 142 cm³/mol. The smallest absolute Gasteiger partial charge is 0.255 e. The van der Waals surface area contributed by atoms with Gasteiger partial charge in [-0.25, -0.2) is 0 Å². The summed E-state index contributed by atoms with van der Waals surface area (Å²) < 4.78 is 5.26. The number of para-hydroxylation sites is 1. The summed E-state index contributed by atoms with van der Waals surface area (Å²) in [4.78, 5) is 53.3. The van der Waals surface area contributed by atoms with E-state index in [4.69, 9.17) is 4.74 Å². The summed E-state index contributed by atoms with van der Waals surface area (Å²) in [6.07, 6.45) is -1.15. The Balaban J connectivity index is 1.67. The molecule has 0 radical (unpaired) electrons. The van der Waals surface area contributed by atoms with E-state index in [1.807, 2.05) is 30.3 Å². The molecule has 0 bridgehead atoms. The minimum Gasteiger partial charge on any atom is -0.507 e. The van der Waals surface area contributed by atoms with E-state index in [0.29, 0.717) is 13.2 Å².